The van der Waals surface area contributed by atoms with Crippen LogP contribution in [-0.2, 0) is 14.6 Å². The van der Waals surface area contributed by atoms with Crippen molar-refractivity contribution in [1.82, 2.24) is 0 Å². The van der Waals surface area contributed by atoms with Crippen molar-refractivity contribution in [3.8, 4) is 11.8 Å². The average molecular weight is 295 g/mol. The topological polar surface area (TPSA) is 76.4 Å². The van der Waals surface area contributed by atoms with Gasteiger partial charge >= 0.3 is 0 Å². The molecule has 0 spiro atoms. The van der Waals surface area contributed by atoms with Gasteiger partial charge in [-0.2, -0.15) is 5.26 Å². The van der Waals surface area contributed by atoms with Gasteiger partial charge in [-0.15, -0.1) is 0 Å². The van der Waals surface area contributed by atoms with Crippen LogP contribution >= 0.6 is 0 Å². The van der Waals surface area contributed by atoms with Gasteiger partial charge in [-0.1, -0.05) is 12.1 Å². The molecule has 0 radical (unpaired) electrons. The molecule has 1 aliphatic rings. The summed E-state index contributed by atoms with van der Waals surface area (Å²) in [6.07, 6.45) is 1.17. The second-order valence-corrected chi connectivity index (χ2v) is 7.25. The third-order valence-electron chi connectivity index (χ3n) is 3.78. The predicted octanol–water partition coefficient (Wildman–Crippen LogP) is 1.36. The Balaban J connectivity index is 2.41. The maximum absolute atomic E-state index is 11.9. The first kappa shape index (κ1) is 14.8. The minimum atomic E-state index is -3.32. The molecule has 6 heteroatoms. The summed E-state index contributed by atoms with van der Waals surface area (Å²) in [5.41, 5.74) is -0.170. The Morgan fingerprint density at radius 1 is 1.30 bits per heavy atom. The fourth-order valence-electron chi connectivity index (χ4n) is 2.89. The quantitative estimate of drug-likeness (QED) is 0.820. The number of rotatable bonds is 5. The van der Waals surface area contributed by atoms with Crippen molar-refractivity contribution in [2.75, 3.05) is 27.1 Å². The molecule has 0 aromatic heterocycles. The Morgan fingerprint density at radius 3 is 2.30 bits per heavy atom. The highest BCUT2D eigenvalue weighted by molar-refractivity contribution is 7.91. The second kappa shape index (κ2) is 5.08. The smallest absolute Gasteiger partial charge is 0.152 e. The van der Waals surface area contributed by atoms with E-state index in [1.54, 1.807) is 31.4 Å². The maximum atomic E-state index is 11.9. The fourth-order valence-corrected chi connectivity index (χ4v) is 4.74. The second-order valence-electron chi connectivity index (χ2n) is 5.09. The van der Waals surface area contributed by atoms with Crippen LogP contribution in [0.3, 0.4) is 0 Å². The zero-order valence-electron chi connectivity index (χ0n) is 11.7. The van der Waals surface area contributed by atoms with Gasteiger partial charge in [0.2, 0.25) is 0 Å². The predicted molar refractivity (Wildman–Crippen MR) is 74.3 cm³/mol. The summed E-state index contributed by atoms with van der Waals surface area (Å²) in [5.74, 6) is 0.341. The van der Waals surface area contributed by atoms with Crippen LogP contribution in [0, 0.1) is 16.7 Å². The molecule has 2 rings (SSSR count). The van der Waals surface area contributed by atoms with E-state index < -0.39 is 20.5 Å². The zero-order chi connectivity index (χ0) is 15.0. The zero-order valence-corrected chi connectivity index (χ0v) is 12.5. The van der Waals surface area contributed by atoms with E-state index in [4.69, 9.17) is 9.47 Å². The summed E-state index contributed by atoms with van der Waals surface area (Å²) in [4.78, 5) is 0. The van der Waals surface area contributed by atoms with E-state index >= 15 is 0 Å². The summed E-state index contributed by atoms with van der Waals surface area (Å²) >= 11 is 0. The lowest BCUT2D eigenvalue weighted by atomic mass is 10.0. The molecule has 1 fully saturated rings. The van der Waals surface area contributed by atoms with Gasteiger partial charge in [0.15, 0.2) is 9.84 Å². The lowest BCUT2D eigenvalue weighted by molar-refractivity contribution is 0.162. The highest BCUT2D eigenvalue weighted by Gasteiger charge is 2.71. The van der Waals surface area contributed by atoms with Gasteiger partial charge in [-0.05, 0) is 17.7 Å². The molecule has 1 aromatic carbocycles. The molecule has 5 nitrogen and oxygen atoms in total. The number of hydrogen-bond acceptors (Lipinski definition) is 5. The average Bonchev–Trinajstić information content (AvgIpc) is 3.09. The molecule has 0 saturated heterocycles. The number of methoxy groups -OCH3 is 2. The van der Waals surface area contributed by atoms with Crippen molar-refractivity contribution >= 4 is 9.84 Å². The number of nitrogens with zero attached hydrogens (tertiary/aromatic N) is 1. The highest BCUT2D eigenvalue weighted by Crippen LogP contribution is 2.62. The van der Waals surface area contributed by atoms with Gasteiger partial charge in [-0.3, -0.25) is 0 Å². The van der Waals surface area contributed by atoms with Crippen LogP contribution in [0.15, 0.2) is 24.3 Å². The van der Waals surface area contributed by atoms with E-state index in [-0.39, 0.29) is 12.5 Å². The summed E-state index contributed by atoms with van der Waals surface area (Å²) in [7, 11) is -0.279. The van der Waals surface area contributed by atoms with Crippen molar-refractivity contribution in [1.29, 1.82) is 5.26 Å². The van der Waals surface area contributed by atoms with Crippen molar-refractivity contribution in [2.45, 2.75) is 11.2 Å². The number of benzene rings is 1. The van der Waals surface area contributed by atoms with Crippen LogP contribution in [0.25, 0.3) is 0 Å². The summed E-state index contributed by atoms with van der Waals surface area (Å²) in [6.45, 7) is 0.109. The molecule has 0 N–H and O–H groups in total. The Bertz CT molecular complexity index is 632. The Morgan fingerprint density at radius 2 is 1.90 bits per heavy atom. The number of sulfone groups is 1. The van der Waals surface area contributed by atoms with Crippen LogP contribution in [-0.4, -0.2) is 40.7 Å². The third-order valence-corrected chi connectivity index (χ3v) is 5.40. The Labute approximate surface area is 119 Å². The minimum absolute atomic E-state index is 0.109. The van der Waals surface area contributed by atoms with Crippen LogP contribution in [0.1, 0.15) is 11.5 Å². The first-order valence-corrected chi connectivity index (χ1v) is 8.09. The van der Waals surface area contributed by atoms with Crippen LogP contribution in [0.4, 0.5) is 0 Å². The SMILES string of the molecule is COC[C@@]1(C#N)[C@@H](c2ccc(OC)cc2)[C@@H]1S(C)(=O)=O. The van der Waals surface area contributed by atoms with Crippen molar-refractivity contribution < 1.29 is 17.9 Å². The molecule has 0 unspecified atom stereocenters. The van der Waals surface area contributed by atoms with E-state index in [1.165, 1.54) is 13.4 Å². The summed E-state index contributed by atoms with van der Waals surface area (Å²) in [6, 6.07) is 9.29. The monoisotopic (exact) mass is 295 g/mol. The number of hydrogen-bond donors (Lipinski definition) is 0. The molecule has 0 amide bonds. The number of nitriles is 1. The fraction of sp³-hybridized carbons (Fsp3) is 0.500. The van der Waals surface area contributed by atoms with Crippen LogP contribution in [0.2, 0.25) is 0 Å². The van der Waals surface area contributed by atoms with E-state index in [0.29, 0.717) is 5.75 Å². The largest absolute Gasteiger partial charge is 0.497 e. The van der Waals surface area contributed by atoms with Gasteiger partial charge < -0.3 is 9.47 Å². The Kier molecular flexibility index (Phi) is 3.76. The Hall–Kier alpha value is -1.58. The van der Waals surface area contributed by atoms with Crippen molar-refractivity contribution in [3.63, 3.8) is 0 Å². The van der Waals surface area contributed by atoms with Crippen molar-refractivity contribution in [2.24, 2.45) is 5.41 Å². The standard InChI is InChI=1S/C14H17NO4S/c1-18-9-14(8-15)12(13(14)20(3,16)17)10-4-6-11(19-2)7-5-10/h4-7,12-13H,9H2,1-3H3/t12-,13-,14-/m0/s1. The molecule has 1 aliphatic carbocycles. The molecule has 0 aliphatic heterocycles. The molecule has 20 heavy (non-hydrogen) atoms. The van der Waals surface area contributed by atoms with E-state index in [9.17, 15) is 13.7 Å². The number of ether oxygens (including phenoxy) is 2. The lowest BCUT2D eigenvalue weighted by Gasteiger charge is -2.07. The molecule has 0 bridgehead atoms. The molecular weight excluding hydrogens is 278 g/mol. The first-order valence-electron chi connectivity index (χ1n) is 6.13. The lowest BCUT2D eigenvalue weighted by Crippen LogP contribution is -2.17. The molecule has 108 valence electrons. The van der Waals surface area contributed by atoms with Crippen molar-refractivity contribution in [3.05, 3.63) is 29.8 Å². The first-order chi connectivity index (χ1) is 9.40. The highest BCUT2D eigenvalue weighted by atomic mass is 32.2. The van der Waals surface area contributed by atoms with E-state index in [0.717, 1.165) is 5.56 Å². The third kappa shape index (κ3) is 2.28. The van der Waals surface area contributed by atoms with Crippen LogP contribution in [0.5, 0.6) is 5.75 Å². The summed E-state index contributed by atoms with van der Waals surface area (Å²) in [5, 5.41) is 8.72. The molecule has 3 atom stereocenters. The van der Waals surface area contributed by atoms with Crippen LogP contribution < -0.4 is 4.74 Å². The van der Waals surface area contributed by atoms with Gasteiger partial charge in [0, 0.05) is 19.3 Å². The van der Waals surface area contributed by atoms with Gasteiger partial charge in [-0.25, -0.2) is 8.42 Å². The van der Waals surface area contributed by atoms with Gasteiger partial charge in [0.25, 0.3) is 0 Å². The summed E-state index contributed by atoms with van der Waals surface area (Å²) < 4.78 is 34.0. The van der Waals surface area contributed by atoms with E-state index in [2.05, 4.69) is 6.07 Å². The molecule has 1 aromatic rings. The maximum Gasteiger partial charge on any atom is 0.152 e. The minimum Gasteiger partial charge on any atom is -0.497 e. The van der Waals surface area contributed by atoms with Gasteiger partial charge in [0.1, 0.15) is 11.2 Å². The molecule has 1 saturated carbocycles. The molecular formula is C14H17NO4S. The van der Waals surface area contributed by atoms with Gasteiger partial charge in [0.05, 0.1) is 25.0 Å². The normalized spacial score (nSPS) is 28.7. The van der Waals surface area contributed by atoms with E-state index in [1.807, 2.05) is 0 Å². The molecule has 0 heterocycles.